The zero-order valence-electron chi connectivity index (χ0n) is 10.2. The van der Waals surface area contributed by atoms with Crippen molar-refractivity contribution in [1.82, 2.24) is 14.9 Å². The molecule has 0 aliphatic rings. The lowest BCUT2D eigenvalue weighted by molar-refractivity contribution is 0.0780. The van der Waals surface area contributed by atoms with Gasteiger partial charge in [-0.2, -0.15) is 0 Å². The van der Waals surface area contributed by atoms with Crippen LogP contribution < -0.4 is 0 Å². The minimum Gasteiger partial charge on any atom is -0.334 e. The maximum Gasteiger partial charge on any atom is 0.273 e. The zero-order chi connectivity index (χ0) is 13.2. The van der Waals surface area contributed by atoms with Crippen molar-refractivity contribution in [2.24, 2.45) is 0 Å². The van der Waals surface area contributed by atoms with Crippen LogP contribution in [0.25, 0.3) is 10.2 Å². The first-order chi connectivity index (χ1) is 9.24. The molecule has 6 heteroatoms. The average molecular weight is 289 g/mol. The molecule has 0 N–H and O–H groups in total. The fraction of sp³-hybridized carbons (Fsp3) is 0.154. The van der Waals surface area contributed by atoms with Gasteiger partial charge in [0.2, 0.25) is 0 Å². The average Bonchev–Trinajstić information content (AvgIpc) is 3.06. The number of carbonyl (C=O) groups excluding carboxylic acids is 1. The molecule has 4 nitrogen and oxygen atoms in total. The predicted octanol–water partition coefficient (Wildman–Crippen LogP) is 3.03. The third kappa shape index (κ3) is 2.50. The SMILES string of the molecule is CN(Cc1nc2ccccc2s1)C(=O)c1cscn1. The van der Waals surface area contributed by atoms with Crippen LogP contribution in [0, 0.1) is 0 Å². The summed E-state index contributed by atoms with van der Waals surface area (Å²) in [5.41, 5.74) is 3.14. The van der Waals surface area contributed by atoms with Gasteiger partial charge in [-0.25, -0.2) is 9.97 Å². The molecule has 3 rings (SSSR count). The van der Waals surface area contributed by atoms with Gasteiger partial charge in [-0.1, -0.05) is 12.1 Å². The Balaban J connectivity index is 1.79. The maximum atomic E-state index is 12.1. The Morgan fingerprint density at radius 3 is 2.95 bits per heavy atom. The van der Waals surface area contributed by atoms with E-state index in [0.29, 0.717) is 12.2 Å². The highest BCUT2D eigenvalue weighted by Crippen LogP contribution is 2.22. The molecule has 96 valence electrons. The molecule has 19 heavy (non-hydrogen) atoms. The Bertz CT molecular complexity index is 673. The highest BCUT2D eigenvalue weighted by molar-refractivity contribution is 7.18. The maximum absolute atomic E-state index is 12.1. The molecule has 2 heterocycles. The second-order valence-corrected chi connectivity index (χ2v) is 5.94. The Morgan fingerprint density at radius 1 is 1.37 bits per heavy atom. The quantitative estimate of drug-likeness (QED) is 0.744. The van der Waals surface area contributed by atoms with E-state index in [1.54, 1.807) is 34.2 Å². The van der Waals surface area contributed by atoms with Crippen molar-refractivity contribution >= 4 is 38.8 Å². The van der Waals surface area contributed by atoms with E-state index in [-0.39, 0.29) is 5.91 Å². The van der Waals surface area contributed by atoms with Gasteiger partial charge in [0.05, 0.1) is 22.3 Å². The predicted molar refractivity (Wildman–Crippen MR) is 77.5 cm³/mol. The molecule has 0 radical (unpaired) electrons. The number of aromatic nitrogens is 2. The Kier molecular flexibility index (Phi) is 3.27. The van der Waals surface area contributed by atoms with Gasteiger partial charge in [-0.15, -0.1) is 22.7 Å². The molecule has 2 aromatic heterocycles. The molecule has 0 bridgehead atoms. The number of benzene rings is 1. The molecular formula is C13H11N3OS2. The topological polar surface area (TPSA) is 46.1 Å². The summed E-state index contributed by atoms with van der Waals surface area (Å²) < 4.78 is 1.15. The van der Waals surface area contributed by atoms with Crippen LogP contribution in [0.15, 0.2) is 35.2 Å². The molecule has 0 spiro atoms. The number of fused-ring (bicyclic) bond motifs is 1. The van der Waals surface area contributed by atoms with Crippen molar-refractivity contribution in [2.75, 3.05) is 7.05 Å². The largest absolute Gasteiger partial charge is 0.334 e. The van der Waals surface area contributed by atoms with E-state index in [1.165, 1.54) is 11.3 Å². The normalized spacial score (nSPS) is 10.8. The van der Waals surface area contributed by atoms with Crippen molar-refractivity contribution in [3.05, 3.63) is 45.9 Å². The van der Waals surface area contributed by atoms with Crippen LogP contribution in [0.5, 0.6) is 0 Å². The standard InChI is InChI=1S/C13H11N3OS2/c1-16(13(17)10-7-18-8-14-10)6-12-15-9-4-2-3-5-11(9)19-12/h2-5,7-8H,6H2,1H3. The van der Waals surface area contributed by atoms with Crippen molar-refractivity contribution in [3.63, 3.8) is 0 Å². The zero-order valence-corrected chi connectivity index (χ0v) is 11.9. The number of nitrogens with zero attached hydrogens (tertiary/aromatic N) is 3. The van der Waals surface area contributed by atoms with Crippen molar-refractivity contribution in [3.8, 4) is 0 Å². The first-order valence-corrected chi connectivity index (χ1v) is 7.48. The van der Waals surface area contributed by atoms with Gasteiger partial charge in [0.25, 0.3) is 5.91 Å². The molecule has 0 fully saturated rings. The van der Waals surface area contributed by atoms with E-state index in [4.69, 9.17) is 0 Å². The number of carbonyl (C=O) groups is 1. The summed E-state index contributed by atoms with van der Waals surface area (Å²) in [5, 5.41) is 2.70. The first-order valence-electron chi connectivity index (χ1n) is 5.72. The van der Waals surface area contributed by atoms with Crippen LogP contribution in [0.1, 0.15) is 15.5 Å². The molecular weight excluding hydrogens is 278 g/mol. The second-order valence-electron chi connectivity index (χ2n) is 4.11. The number of rotatable bonds is 3. The highest BCUT2D eigenvalue weighted by atomic mass is 32.1. The molecule has 0 atom stereocenters. The summed E-state index contributed by atoms with van der Waals surface area (Å²) in [7, 11) is 1.77. The molecule has 0 saturated carbocycles. The molecule has 0 aliphatic heterocycles. The van der Waals surface area contributed by atoms with Crippen LogP contribution in [0.2, 0.25) is 0 Å². The van der Waals surface area contributed by atoms with Gasteiger partial charge in [-0.05, 0) is 12.1 Å². The minimum atomic E-state index is -0.0690. The Morgan fingerprint density at radius 2 is 2.21 bits per heavy atom. The lowest BCUT2D eigenvalue weighted by Crippen LogP contribution is -2.26. The number of amides is 1. The molecule has 0 unspecified atom stereocenters. The fourth-order valence-electron chi connectivity index (χ4n) is 1.78. The third-order valence-electron chi connectivity index (χ3n) is 2.71. The summed E-state index contributed by atoms with van der Waals surface area (Å²) in [6, 6.07) is 7.99. The smallest absolute Gasteiger partial charge is 0.273 e. The van der Waals surface area contributed by atoms with Crippen molar-refractivity contribution in [2.45, 2.75) is 6.54 Å². The van der Waals surface area contributed by atoms with Crippen molar-refractivity contribution < 1.29 is 4.79 Å². The van der Waals surface area contributed by atoms with Gasteiger partial charge < -0.3 is 4.90 Å². The third-order valence-corrected chi connectivity index (χ3v) is 4.32. The van der Waals surface area contributed by atoms with Crippen LogP contribution in [-0.4, -0.2) is 27.8 Å². The van der Waals surface area contributed by atoms with Gasteiger partial charge >= 0.3 is 0 Å². The van der Waals surface area contributed by atoms with E-state index in [0.717, 1.165) is 15.2 Å². The fourth-order valence-corrected chi connectivity index (χ4v) is 3.32. The lowest BCUT2D eigenvalue weighted by Gasteiger charge is -2.13. The molecule has 0 aliphatic carbocycles. The van der Waals surface area contributed by atoms with E-state index >= 15 is 0 Å². The van der Waals surface area contributed by atoms with Crippen LogP contribution in [0.3, 0.4) is 0 Å². The molecule has 0 saturated heterocycles. The van der Waals surface area contributed by atoms with Crippen LogP contribution >= 0.6 is 22.7 Å². The van der Waals surface area contributed by atoms with E-state index in [1.807, 2.05) is 24.3 Å². The first kappa shape index (κ1) is 12.3. The summed E-state index contributed by atoms with van der Waals surface area (Å²) in [4.78, 5) is 22.3. The summed E-state index contributed by atoms with van der Waals surface area (Å²) in [6.07, 6.45) is 0. The Labute approximate surface area is 118 Å². The van der Waals surface area contributed by atoms with Gasteiger partial charge in [0.1, 0.15) is 10.7 Å². The number of hydrogen-bond donors (Lipinski definition) is 0. The van der Waals surface area contributed by atoms with Gasteiger partial charge in [0.15, 0.2) is 0 Å². The molecule has 1 amide bonds. The monoisotopic (exact) mass is 289 g/mol. The Hall–Kier alpha value is -1.79. The number of para-hydroxylation sites is 1. The van der Waals surface area contributed by atoms with Gasteiger partial charge in [0, 0.05) is 12.4 Å². The summed E-state index contributed by atoms with van der Waals surface area (Å²) >= 11 is 3.04. The number of hydrogen-bond acceptors (Lipinski definition) is 5. The van der Waals surface area contributed by atoms with Gasteiger partial charge in [-0.3, -0.25) is 4.79 Å². The second kappa shape index (κ2) is 5.07. The minimum absolute atomic E-state index is 0.0690. The summed E-state index contributed by atoms with van der Waals surface area (Å²) in [5.74, 6) is -0.0690. The van der Waals surface area contributed by atoms with E-state index < -0.39 is 0 Å². The molecule has 3 aromatic rings. The van der Waals surface area contributed by atoms with E-state index in [2.05, 4.69) is 9.97 Å². The van der Waals surface area contributed by atoms with Crippen molar-refractivity contribution in [1.29, 1.82) is 0 Å². The van der Waals surface area contributed by atoms with Crippen LogP contribution in [-0.2, 0) is 6.54 Å². The molecule has 1 aromatic carbocycles. The summed E-state index contributed by atoms with van der Waals surface area (Å²) in [6.45, 7) is 0.510. The van der Waals surface area contributed by atoms with E-state index in [9.17, 15) is 4.79 Å². The van der Waals surface area contributed by atoms with Crippen LogP contribution in [0.4, 0.5) is 0 Å². The highest BCUT2D eigenvalue weighted by Gasteiger charge is 2.15. The number of thiazole rings is 2. The lowest BCUT2D eigenvalue weighted by atomic mass is 10.3.